The monoisotopic (exact) mass is 258 g/mol. The van der Waals surface area contributed by atoms with Gasteiger partial charge < -0.3 is 5.32 Å². The number of hydrogen-bond donors (Lipinski definition) is 1. The van der Waals surface area contributed by atoms with Crippen LogP contribution in [-0.4, -0.2) is 11.5 Å². The SMILES string of the molecule is CCNc1c(Br)cc(C)cc1[N+](=O)[O-]. The Balaban J connectivity index is 3.28. The van der Waals surface area contributed by atoms with Gasteiger partial charge >= 0.3 is 0 Å². The molecule has 0 radical (unpaired) electrons. The van der Waals surface area contributed by atoms with Crippen LogP contribution in [-0.2, 0) is 0 Å². The summed E-state index contributed by atoms with van der Waals surface area (Å²) < 4.78 is 0.728. The number of nitrogens with one attached hydrogen (secondary N) is 1. The van der Waals surface area contributed by atoms with Gasteiger partial charge in [0.05, 0.1) is 4.92 Å². The summed E-state index contributed by atoms with van der Waals surface area (Å²) in [5, 5.41) is 13.7. The van der Waals surface area contributed by atoms with Gasteiger partial charge in [-0.1, -0.05) is 0 Å². The van der Waals surface area contributed by atoms with Crippen LogP contribution in [0.4, 0.5) is 11.4 Å². The zero-order valence-electron chi connectivity index (χ0n) is 8.00. The lowest BCUT2D eigenvalue weighted by Crippen LogP contribution is -2.02. The zero-order chi connectivity index (χ0) is 10.7. The van der Waals surface area contributed by atoms with Gasteiger partial charge in [-0.25, -0.2) is 0 Å². The Kier molecular flexibility index (Phi) is 3.46. The number of nitro benzene ring substituents is 1. The van der Waals surface area contributed by atoms with Gasteiger partial charge in [-0.05, 0) is 41.4 Å². The van der Waals surface area contributed by atoms with Gasteiger partial charge in [0, 0.05) is 17.1 Å². The number of nitrogens with zero attached hydrogens (tertiary/aromatic N) is 1. The summed E-state index contributed by atoms with van der Waals surface area (Å²) in [5.74, 6) is 0. The lowest BCUT2D eigenvalue weighted by Gasteiger charge is -2.07. The van der Waals surface area contributed by atoms with E-state index in [1.165, 1.54) is 0 Å². The van der Waals surface area contributed by atoms with Crippen LogP contribution in [0.5, 0.6) is 0 Å². The molecule has 1 aromatic carbocycles. The van der Waals surface area contributed by atoms with E-state index in [1.54, 1.807) is 6.07 Å². The van der Waals surface area contributed by atoms with Crippen molar-refractivity contribution in [2.45, 2.75) is 13.8 Å². The molecule has 0 amide bonds. The second kappa shape index (κ2) is 4.41. The van der Waals surface area contributed by atoms with Gasteiger partial charge in [0.2, 0.25) is 0 Å². The van der Waals surface area contributed by atoms with Crippen molar-refractivity contribution >= 4 is 27.3 Å². The van der Waals surface area contributed by atoms with Crippen LogP contribution in [0.3, 0.4) is 0 Å². The summed E-state index contributed by atoms with van der Waals surface area (Å²) in [4.78, 5) is 10.4. The van der Waals surface area contributed by atoms with E-state index in [2.05, 4.69) is 21.2 Å². The largest absolute Gasteiger partial charge is 0.379 e. The van der Waals surface area contributed by atoms with Crippen LogP contribution in [0, 0.1) is 17.0 Å². The molecule has 0 atom stereocenters. The Morgan fingerprint density at radius 1 is 1.57 bits per heavy atom. The average molecular weight is 259 g/mol. The molecule has 0 aliphatic carbocycles. The lowest BCUT2D eigenvalue weighted by molar-refractivity contribution is -0.384. The highest BCUT2D eigenvalue weighted by atomic mass is 79.9. The molecule has 0 aliphatic rings. The first-order valence-corrected chi connectivity index (χ1v) is 5.04. The number of halogens is 1. The molecule has 0 bridgehead atoms. The molecule has 0 aliphatic heterocycles. The van der Waals surface area contributed by atoms with Gasteiger partial charge in [-0.15, -0.1) is 0 Å². The quantitative estimate of drug-likeness (QED) is 0.670. The molecule has 76 valence electrons. The third-order valence-corrected chi connectivity index (χ3v) is 2.39. The molecule has 0 saturated carbocycles. The fraction of sp³-hybridized carbons (Fsp3) is 0.333. The van der Waals surface area contributed by atoms with Crippen molar-refractivity contribution in [3.63, 3.8) is 0 Å². The Morgan fingerprint density at radius 2 is 2.21 bits per heavy atom. The van der Waals surface area contributed by atoms with E-state index in [9.17, 15) is 10.1 Å². The number of hydrogen-bond acceptors (Lipinski definition) is 3. The number of anilines is 1. The molecule has 5 heteroatoms. The van der Waals surface area contributed by atoms with E-state index in [-0.39, 0.29) is 10.6 Å². The van der Waals surface area contributed by atoms with Crippen LogP contribution in [0.25, 0.3) is 0 Å². The third kappa shape index (κ3) is 2.23. The standard InChI is InChI=1S/C9H11BrN2O2/c1-3-11-9-7(10)4-6(2)5-8(9)12(13)14/h4-5,11H,3H2,1-2H3. The summed E-state index contributed by atoms with van der Waals surface area (Å²) in [6, 6.07) is 3.41. The number of benzene rings is 1. The van der Waals surface area contributed by atoms with Crippen molar-refractivity contribution in [1.29, 1.82) is 0 Å². The van der Waals surface area contributed by atoms with Crippen molar-refractivity contribution in [2.75, 3.05) is 11.9 Å². The minimum Gasteiger partial charge on any atom is -0.379 e. The molecule has 0 fully saturated rings. The predicted molar refractivity (Wildman–Crippen MR) is 59.7 cm³/mol. The highest BCUT2D eigenvalue weighted by molar-refractivity contribution is 9.10. The molecule has 1 aromatic rings. The molecule has 4 nitrogen and oxygen atoms in total. The normalized spacial score (nSPS) is 9.93. The Bertz CT molecular complexity index is 366. The lowest BCUT2D eigenvalue weighted by atomic mass is 10.2. The van der Waals surface area contributed by atoms with Crippen LogP contribution in [0.1, 0.15) is 12.5 Å². The molecule has 0 saturated heterocycles. The second-order valence-electron chi connectivity index (χ2n) is 2.93. The summed E-state index contributed by atoms with van der Waals surface area (Å²) in [6.45, 7) is 4.38. The van der Waals surface area contributed by atoms with Crippen molar-refractivity contribution in [1.82, 2.24) is 0 Å². The third-order valence-electron chi connectivity index (χ3n) is 1.76. The Morgan fingerprint density at radius 3 is 2.71 bits per heavy atom. The topological polar surface area (TPSA) is 55.2 Å². The number of aryl methyl sites for hydroxylation is 1. The smallest absolute Gasteiger partial charge is 0.293 e. The van der Waals surface area contributed by atoms with Gasteiger partial charge in [0.25, 0.3) is 5.69 Å². The number of rotatable bonds is 3. The van der Waals surface area contributed by atoms with E-state index in [0.717, 1.165) is 10.0 Å². The molecule has 1 rings (SSSR count). The van der Waals surface area contributed by atoms with Crippen LogP contribution >= 0.6 is 15.9 Å². The van der Waals surface area contributed by atoms with Crippen molar-refractivity contribution < 1.29 is 4.92 Å². The maximum Gasteiger partial charge on any atom is 0.293 e. The van der Waals surface area contributed by atoms with E-state index in [4.69, 9.17) is 0 Å². The second-order valence-corrected chi connectivity index (χ2v) is 3.78. The van der Waals surface area contributed by atoms with Crippen LogP contribution in [0.2, 0.25) is 0 Å². The highest BCUT2D eigenvalue weighted by Crippen LogP contribution is 2.33. The van der Waals surface area contributed by atoms with Crippen LogP contribution < -0.4 is 5.32 Å². The highest BCUT2D eigenvalue weighted by Gasteiger charge is 2.16. The van der Waals surface area contributed by atoms with Crippen molar-refractivity contribution in [3.05, 3.63) is 32.3 Å². The first kappa shape index (κ1) is 11.0. The molecular weight excluding hydrogens is 248 g/mol. The Labute approximate surface area is 90.6 Å². The van der Waals surface area contributed by atoms with E-state index < -0.39 is 0 Å². The summed E-state index contributed by atoms with van der Waals surface area (Å²) in [6.07, 6.45) is 0. The Hall–Kier alpha value is -1.10. The molecule has 0 heterocycles. The first-order valence-electron chi connectivity index (χ1n) is 4.24. The van der Waals surface area contributed by atoms with Crippen molar-refractivity contribution in [3.8, 4) is 0 Å². The van der Waals surface area contributed by atoms with Gasteiger partial charge in [0.1, 0.15) is 5.69 Å². The van der Waals surface area contributed by atoms with E-state index in [0.29, 0.717) is 12.2 Å². The molecular formula is C9H11BrN2O2. The van der Waals surface area contributed by atoms with E-state index >= 15 is 0 Å². The molecule has 1 N–H and O–H groups in total. The fourth-order valence-electron chi connectivity index (χ4n) is 1.22. The zero-order valence-corrected chi connectivity index (χ0v) is 9.59. The minimum atomic E-state index is -0.379. The molecule has 14 heavy (non-hydrogen) atoms. The van der Waals surface area contributed by atoms with Gasteiger partial charge in [-0.2, -0.15) is 0 Å². The van der Waals surface area contributed by atoms with Gasteiger partial charge in [0.15, 0.2) is 0 Å². The number of nitro groups is 1. The molecule has 0 spiro atoms. The molecule has 0 aromatic heterocycles. The predicted octanol–water partition coefficient (Wildman–Crippen LogP) is 3.10. The summed E-state index contributed by atoms with van der Waals surface area (Å²) >= 11 is 3.30. The van der Waals surface area contributed by atoms with Crippen molar-refractivity contribution in [2.24, 2.45) is 0 Å². The first-order chi connectivity index (χ1) is 6.56. The summed E-state index contributed by atoms with van der Waals surface area (Å²) in [5.41, 5.74) is 1.52. The maximum atomic E-state index is 10.7. The maximum absolute atomic E-state index is 10.7. The fourth-order valence-corrected chi connectivity index (χ4v) is 1.92. The van der Waals surface area contributed by atoms with Crippen LogP contribution in [0.15, 0.2) is 16.6 Å². The minimum absolute atomic E-state index is 0.110. The summed E-state index contributed by atoms with van der Waals surface area (Å²) in [7, 11) is 0. The van der Waals surface area contributed by atoms with E-state index in [1.807, 2.05) is 19.9 Å². The molecule has 0 unspecified atom stereocenters. The van der Waals surface area contributed by atoms with Gasteiger partial charge in [-0.3, -0.25) is 10.1 Å². The average Bonchev–Trinajstić information content (AvgIpc) is 2.09.